The maximum atomic E-state index is 11.1. The van der Waals surface area contributed by atoms with Gasteiger partial charge in [0.15, 0.2) is 5.75 Å². The Morgan fingerprint density at radius 2 is 1.66 bits per heavy atom. The normalized spacial score (nSPS) is 11.1. The molecule has 0 heterocycles. The quantitative estimate of drug-likeness (QED) is 0.222. The minimum Gasteiger partial charge on any atom is -0.504 e. The van der Waals surface area contributed by atoms with E-state index >= 15 is 0 Å². The molecule has 32 heavy (non-hydrogen) atoms. The van der Waals surface area contributed by atoms with E-state index in [0.29, 0.717) is 44.3 Å². The highest BCUT2D eigenvalue weighted by Crippen LogP contribution is 2.44. The van der Waals surface area contributed by atoms with E-state index in [-0.39, 0.29) is 5.75 Å². The van der Waals surface area contributed by atoms with Gasteiger partial charge in [0.25, 0.3) is 0 Å². The molecule has 0 unspecified atom stereocenters. The Balaban J connectivity index is 1.83. The van der Waals surface area contributed by atoms with E-state index in [1.165, 1.54) is 0 Å². The zero-order chi connectivity index (χ0) is 22.7. The van der Waals surface area contributed by atoms with Gasteiger partial charge < -0.3 is 19.9 Å². The Hall–Kier alpha value is -3.48. The van der Waals surface area contributed by atoms with E-state index in [9.17, 15) is 5.11 Å². The molecule has 0 aliphatic carbocycles. The molecule has 0 atom stereocenters. The van der Waals surface area contributed by atoms with Crippen molar-refractivity contribution in [2.45, 2.75) is 0 Å². The third-order valence-electron chi connectivity index (χ3n) is 4.84. The summed E-state index contributed by atoms with van der Waals surface area (Å²) in [6.45, 7) is 0. The first kappa shape index (κ1) is 21.7. The molecule has 2 N–H and O–H groups in total. The predicted octanol–water partition coefficient (Wildman–Crippen LogP) is 8.03. The Labute approximate surface area is 195 Å². The number of ether oxygens (including phenoxy) is 2. The molecule has 0 fully saturated rings. The first-order chi connectivity index (χ1) is 15.5. The number of hydrogen-bond acceptors (Lipinski definition) is 6. The van der Waals surface area contributed by atoms with Crippen molar-refractivity contribution in [3.05, 3.63) is 76.8 Å². The molecule has 0 aliphatic heterocycles. The second-order valence-corrected chi connectivity index (χ2v) is 7.67. The first-order valence-electron chi connectivity index (χ1n) is 9.60. The smallest absolute Gasteiger partial charge is 0.167 e. The topological polar surface area (TPSA) is 75.4 Å². The summed E-state index contributed by atoms with van der Waals surface area (Å²) in [5.41, 5.74) is 1.75. The average molecular weight is 468 g/mol. The fraction of sp³-hybridized carbons (Fsp3) is 0.0833. The van der Waals surface area contributed by atoms with Crippen LogP contribution in [0.3, 0.4) is 0 Å². The van der Waals surface area contributed by atoms with Gasteiger partial charge >= 0.3 is 0 Å². The van der Waals surface area contributed by atoms with E-state index in [1.807, 2.05) is 30.3 Å². The number of phenolic OH excluding ortho intramolecular Hbond substituents is 1. The first-order valence-corrected chi connectivity index (χ1v) is 10.4. The number of aromatic hydroxyl groups is 1. The number of fused-ring (bicyclic) bond motifs is 1. The molecule has 4 rings (SSSR count). The van der Waals surface area contributed by atoms with Crippen LogP contribution in [0.15, 0.2) is 77.0 Å². The number of halogens is 2. The summed E-state index contributed by atoms with van der Waals surface area (Å²) in [4.78, 5) is 0. The largest absolute Gasteiger partial charge is 0.504 e. The average Bonchev–Trinajstić information content (AvgIpc) is 2.81. The number of benzene rings is 4. The lowest BCUT2D eigenvalue weighted by Gasteiger charge is -2.15. The third kappa shape index (κ3) is 4.42. The van der Waals surface area contributed by atoms with Crippen LogP contribution in [0, 0.1) is 0 Å². The van der Waals surface area contributed by atoms with Gasteiger partial charge in [-0.3, -0.25) is 0 Å². The van der Waals surface area contributed by atoms with Gasteiger partial charge in [0.1, 0.15) is 22.9 Å². The van der Waals surface area contributed by atoms with Gasteiger partial charge in [-0.05, 0) is 41.8 Å². The molecule has 8 heteroatoms. The van der Waals surface area contributed by atoms with Crippen LogP contribution >= 0.6 is 23.2 Å². The van der Waals surface area contributed by atoms with Gasteiger partial charge in [-0.25, -0.2) is 0 Å². The number of anilines is 2. The second kappa shape index (κ2) is 9.34. The number of nitrogens with one attached hydrogen (secondary N) is 1. The van der Waals surface area contributed by atoms with Crippen LogP contribution in [0.2, 0.25) is 10.0 Å². The van der Waals surface area contributed by atoms with Crippen LogP contribution < -0.4 is 14.8 Å². The number of methoxy groups -OCH3 is 2. The lowest BCUT2D eigenvalue weighted by molar-refractivity contribution is 0.404. The summed E-state index contributed by atoms with van der Waals surface area (Å²) >= 11 is 12.3. The standard InChI is InChI=1S/C24H19Cl2N3O3/c1-31-16-8-10-22(32-2)20(13-16)27-21-11-14-5-3-4-6-17(14)23(24(21)30)29-28-19-12-15(25)7-9-18(19)26/h3-13,27,30H,1-2H3. The van der Waals surface area contributed by atoms with Gasteiger partial charge in [-0.15, -0.1) is 10.2 Å². The van der Waals surface area contributed by atoms with Crippen molar-refractivity contribution in [1.82, 2.24) is 0 Å². The van der Waals surface area contributed by atoms with Crippen LogP contribution in [0.25, 0.3) is 10.8 Å². The summed E-state index contributed by atoms with van der Waals surface area (Å²) < 4.78 is 10.7. The molecule has 0 saturated heterocycles. The van der Waals surface area contributed by atoms with Crippen LogP contribution in [0.4, 0.5) is 22.7 Å². The highest BCUT2D eigenvalue weighted by molar-refractivity contribution is 6.35. The molecule has 0 spiro atoms. The summed E-state index contributed by atoms with van der Waals surface area (Å²) in [5, 5.41) is 25.3. The molecule has 162 valence electrons. The molecule has 0 bridgehead atoms. The fourth-order valence-electron chi connectivity index (χ4n) is 3.24. The Morgan fingerprint density at radius 1 is 0.844 bits per heavy atom. The maximum Gasteiger partial charge on any atom is 0.167 e. The van der Waals surface area contributed by atoms with Crippen molar-refractivity contribution in [2.75, 3.05) is 19.5 Å². The van der Waals surface area contributed by atoms with Crippen LogP contribution in [0.5, 0.6) is 17.2 Å². The summed E-state index contributed by atoms with van der Waals surface area (Å²) in [7, 11) is 3.15. The molecule has 4 aromatic rings. The van der Waals surface area contributed by atoms with Crippen LogP contribution in [-0.2, 0) is 0 Å². The summed E-state index contributed by atoms with van der Waals surface area (Å²) in [6.07, 6.45) is 0. The van der Waals surface area contributed by atoms with Crippen molar-refractivity contribution in [3.8, 4) is 17.2 Å². The second-order valence-electron chi connectivity index (χ2n) is 6.83. The van der Waals surface area contributed by atoms with Gasteiger partial charge in [0.2, 0.25) is 0 Å². The van der Waals surface area contributed by atoms with Crippen LogP contribution in [0.1, 0.15) is 0 Å². The number of phenols is 1. The third-order valence-corrected chi connectivity index (χ3v) is 5.39. The van der Waals surface area contributed by atoms with Crippen molar-refractivity contribution in [1.29, 1.82) is 0 Å². The number of rotatable bonds is 6. The Morgan fingerprint density at radius 3 is 2.44 bits per heavy atom. The zero-order valence-corrected chi connectivity index (χ0v) is 18.8. The van der Waals surface area contributed by atoms with Gasteiger partial charge in [-0.2, -0.15) is 0 Å². The SMILES string of the molecule is COc1ccc(OC)c(Nc2cc3ccccc3c(N=Nc3cc(Cl)ccc3Cl)c2O)c1. The minimum atomic E-state index is -0.0736. The number of azo groups is 1. The van der Waals surface area contributed by atoms with E-state index < -0.39 is 0 Å². The van der Waals surface area contributed by atoms with Gasteiger partial charge in [-0.1, -0.05) is 47.5 Å². The molecule has 0 aromatic heterocycles. The lowest BCUT2D eigenvalue weighted by atomic mass is 10.1. The van der Waals surface area contributed by atoms with E-state index in [2.05, 4.69) is 15.5 Å². The van der Waals surface area contributed by atoms with E-state index in [0.717, 1.165) is 10.8 Å². The Kier molecular flexibility index (Phi) is 6.35. The Bertz CT molecular complexity index is 1330. The number of nitrogens with zero attached hydrogens (tertiary/aromatic N) is 2. The lowest BCUT2D eigenvalue weighted by Crippen LogP contribution is -1.96. The highest BCUT2D eigenvalue weighted by Gasteiger charge is 2.15. The molecule has 0 saturated carbocycles. The summed E-state index contributed by atoms with van der Waals surface area (Å²) in [6, 6.07) is 19.7. The van der Waals surface area contributed by atoms with Crippen LogP contribution in [-0.4, -0.2) is 19.3 Å². The molecular formula is C24H19Cl2N3O3. The summed E-state index contributed by atoms with van der Waals surface area (Å²) in [5.74, 6) is 1.16. The number of hydrogen-bond donors (Lipinski definition) is 2. The molecule has 0 amide bonds. The van der Waals surface area contributed by atoms with Crippen molar-refractivity contribution >= 4 is 56.7 Å². The molecule has 0 aliphatic rings. The highest BCUT2D eigenvalue weighted by atomic mass is 35.5. The fourth-order valence-corrected chi connectivity index (χ4v) is 3.56. The zero-order valence-electron chi connectivity index (χ0n) is 17.3. The van der Waals surface area contributed by atoms with Crippen molar-refractivity contribution in [2.24, 2.45) is 10.2 Å². The maximum absolute atomic E-state index is 11.1. The molecular weight excluding hydrogens is 449 g/mol. The molecule has 6 nitrogen and oxygen atoms in total. The monoisotopic (exact) mass is 467 g/mol. The van der Waals surface area contributed by atoms with Crippen molar-refractivity contribution in [3.63, 3.8) is 0 Å². The van der Waals surface area contributed by atoms with Crippen molar-refractivity contribution < 1.29 is 14.6 Å². The van der Waals surface area contributed by atoms with E-state index in [1.54, 1.807) is 50.6 Å². The van der Waals surface area contributed by atoms with Gasteiger partial charge in [0.05, 0.1) is 30.6 Å². The minimum absolute atomic E-state index is 0.0736. The van der Waals surface area contributed by atoms with Gasteiger partial charge in [0, 0.05) is 16.5 Å². The molecule has 0 radical (unpaired) electrons. The predicted molar refractivity (Wildman–Crippen MR) is 129 cm³/mol. The molecule has 4 aromatic carbocycles. The van der Waals surface area contributed by atoms with E-state index in [4.69, 9.17) is 32.7 Å².